The molecular formula is C14H29IOSi. The van der Waals surface area contributed by atoms with Crippen LogP contribution in [0.2, 0.25) is 18.1 Å². The zero-order valence-electron chi connectivity index (χ0n) is 12.0. The summed E-state index contributed by atoms with van der Waals surface area (Å²) >= 11 is 2.37. The van der Waals surface area contributed by atoms with E-state index in [1.165, 1.54) is 50.2 Å². The van der Waals surface area contributed by atoms with Gasteiger partial charge in [-0.1, -0.05) is 47.0 Å². The second-order valence-corrected chi connectivity index (χ2v) is 10.5. The summed E-state index contributed by atoms with van der Waals surface area (Å²) in [5.41, 5.74) is 0. The zero-order valence-corrected chi connectivity index (χ0v) is 15.2. The van der Waals surface area contributed by atoms with E-state index in [4.69, 9.17) is 4.43 Å². The van der Waals surface area contributed by atoms with E-state index in [0.717, 1.165) is 3.77 Å². The van der Waals surface area contributed by atoms with E-state index in [2.05, 4.69) is 56.4 Å². The van der Waals surface area contributed by atoms with Crippen LogP contribution in [0.25, 0.3) is 0 Å². The fourth-order valence-electron chi connectivity index (χ4n) is 2.00. The summed E-state index contributed by atoms with van der Waals surface area (Å²) in [6.07, 6.45) is 8.81. The summed E-state index contributed by atoms with van der Waals surface area (Å²) < 4.78 is 7.43. The van der Waals surface area contributed by atoms with Crippen LogP contribution in [-0.2, 0) is 4.43 Å². The molecule has 17 heavy (non-hydrogen) atoms. The van der Waals surface area contributed by atoms with Gasteiger partial charge in [0.25, 0.3) is 8.32 Å². The molecule has 0 atom stereocenters. The number of allylic oxidation sites excluding steroid dienone is 1. The first-order valence-electron chi connectivity index (χ1n) is 7.18. The average Bonchev–Trinajstić information content (AvgIpc) is 2.36. The van der Waals surface area contributed by atoms with Gasteiger partial charge in [-0.3, -0.25) is 0 Å². The van der Waals surface area contributed by atoms with Crippen LogP contribution >= 0.6 is 22.6 Å². The Morgan fingerprint density at radius 3 is 2.06 bits per heavy atom. The largest absolute Gasteiger partial charge is 0.540 e. The Labute approximate surface area is 123 Å². The van der Waals surface area contributed by atoms with Crippen molar-refractivity contribution < 1.29 is 4.43 Å². The van der Waals surface area contributed by atoms with Crippen molar-refractivity contribution in [3.63, 3.8) is 0 Å². The monoisotopic (exact) mass is 368 g/mol. The molecular weight excluding hydrogens is 339 g/mol. The highest BCUT2D eigenvalue weighted by molar-refractivity contribution is 14.1. The molecule has 0 aliphatic carbocycles. The van der Waals surface area contributed by atoms with Gasteiger partial charge in [-0.25, -0.2) is 0 Å². The molecule has 0 aromatic rings. The molecule has 0 bridgehead atoms. The van der Waals surface area contributed by atoms with Crippen molar-refractivity contribution in [2.24, 2.45) is 0 Å². The molecule has 0 aliphatic heterocycles. The van der Waals surface area contributed by atoms with Gasteiger partial charge < -0.3 is 4.43 Å². The maximum absolute atomic E-state index is 6.28. The summed E-state index contributed by atoms with van der Waals surface area (Å²) in [7, 11) is -1.43. The minimum absolute atomic E-state index is 1.15. The number of hydrogen-bond donors (Lipinski definition) is 0. The van der Waals surface area contributed by atoms with Crippen LogP contribution in [0.3, 0.4) is 0 Å². The number of halogens is 1. The standard InChI is InChI=1S/C14H29IOSi/c1-5-9-10-11-12-13-14(15)16-17(6-2,7-3)8-4/h13H,5-12H2,1-4H3. The van der Waals surface area contributed by atoms with E-state index in [9.17, 15) is 0 Å². The molecule has 0 radical (unpaired) electrons. The van der Waals surface area contributed by atoms with Gasteiger partial charge in [0, 0.05) is 0 Å². The summed E-state index contributed by atoms with van der Waals surface area (Å²) in [4.78, 5) is 0. The highest BCUT2D eigenvalue weighted by Crippen LogP contribution is 2.27. The molecule has 0 amide bonds. The van der Waals surface area contributed by atoms with E-state index >= 15 is 0 Å². The second-order valence-electron chi connectivity index (χ2n) is 4.70. The zero-order chi connectivity index (χ0) is 13.1. The van der Waals surface area contributed by atoms with Crippen LogP contribution < -0.4 is 0 Å². The molecule has 0 rings (SSSR count). The van der Waals surface area contributed by atoms with Crippen molar-refractivity contribution in [2.45, 2.75) is 77.9 Å². The third-order valence-corrected chi connectivity index (χ3v) is 9.20. The van der Waals surface area contributed by atoms with Crippen LogP contribution in [0.5, 0.6) is 0 Å². The maximum Gasteiger partial charge on any atom is 0.251 e. The number of hydrogen-bond acceptors (Lipinski definition) is 1. The topological polar surface area (TPSA) is 9.23 Å². The van der Waals surface area contributed by atoms with E-state index in [0.29, 0.717) is 0 Å². The highest BCUT2D eigenvalue weighted by Gasteiger charge is 2.30. The molecule has 0 saturated carbocycles. The molecule has 0 aliphatic rings. The SMILES string of the molecule is CCCCCCC=C(I)O[Si](CC)(CC)CC. The van der Waals surface area contributed by atoms with Crippen LogP contribution in [0.4, 0.5) is 0 Å². The Kier molecular flexibility index (Phi) is 10.7. The van der Waals surface area contributed by atoms with Gasteiger partial charge in [0.1, 0.15) is 3.77 Å². The first kappa shape index (κ1) is 17.5. The van der Waals surface area contributed by atoms with Gasteiger partial charge in [-0.05, 0) is 59.6 Å². The Bertz CT molecular complexity index is 204. The lowest BCUT2D eigenvalue weighted by atomic mass is 10.2. The molecule has 0 fully saturated rings. The molecule has 3 heteroatoms. The molecule has 0 aromatic carbocycles. The molecule has 0 heterocycles. The lowest BCUT2D eigenvalue weighted by Gasteiger charge is -2.28. The summed E-state index contributed by atoms with van der Waals surface area (Å²) in [6.45, 7) is 9.10. The first-order valence-corrected chi connectivity index (χ1v) is 10.8. The molecule has 0 N–H and O–H groups in total. The smallest absolute Gasteiger partial charge is 0.251 e. The molecule has 0 saturated heterocycles. The van der Waals surface area contributed by atoms with Crippen LogP contribution in [0.15, 0.2) is 9.84 Å². The third kappa shape index (κ3) is 7.49. The van der Waals surface area contributed by atoms with E-state index < -0.39 is 8.32 Å². The van der Waals surface area contributed by atoms with Crippen molar-refractivity contribution in [1.29, 1.82) is 0 Å². The lowest BCUT2D eigenvalue weighted by molar-refractivity contribution is 0.448. The third-order valence-electron chi connectivity index (χ3n) is 3.61. The quantitative estimate of drug-likeness (QED) is 0.192. The lowest BCUT2D eigenvalue weighted by Crippen LogP contribution is -2.34. The molecule has 0 unspecified atom stereocenters. The van der Waals surface area contributed by atoms with E-state index in [1.54, 1.807) is 0 Å². The Morgan fingerprint density at radius 1 is 1.00 bits per heavy atom. The number of rotatable bonds is 10. The van der Waals surface area contributed by atoms with E-state index in [1.807, 2.05) is 0 Å². The van der Waals surface area contributed by atoms with Crippen molar-refractivity contribution in [2.75, 3.05) is 0 Å². The summed E-state index contributed by atoms with van der Waals surface area (Å²) in [5, 5.41) is 0. The summed E-state index contributed by atoms with van der Waals surface area (Å²) in [6, 6.07) is 3.70. The van der Waals surface area contributed by atoms with Crippen LogP contribution in [0.1, 0.15) is 59.8 Å². The second kappa shape index (κ2) is 10.4. The molecule has 1 nitrogen and oxygen atoms in total. The Hall–Kier alpha value is 0.487. The van der Waals surface area contributed by atoms with Crippen molar-refractivity contribution in [1.82, 2.24) is 0 Å². The van der Waals surface area contributed by atoms with Gasteiger partial charge in [0.2, 0.25) is 0 Å². The minimum atomic E-state index is -1.43. The van der Waals surface area contributed by atoms with Crippen molar-refractivity contribution in [3.05, 3.63) is 9.84 Å². The van der Waals surface area contributed by atoms with Crippen molar-refractivity contribution >= 4 is 30.9 Å². The maximum atomic E-state index is 6.28. The molecule has 0 aromatic heterocycles. The van der Waals surface area contributed by atoms with Gasteiger partial charge in [0.15, 0.2) is 0 Å². The Balaban J connectivity index is 4.03. The van der Waals surface area contributed by atoms with Crippen molar-refractivity contribution in [3.8, 4) is 0 Å². The van der Waals surface area contributed by atoms with E-state index in [-0.39, 0.29) is 0 Å². The highest BCUT2D eigenvalue weighted by atomic mass is 127. The van der Waals surface area contributed by atoms with Gasteiger partial charge in [-0.2, -0.15) is 0 Å². The minimum Gasteiger partial charge on any atom is -0.540 e. The normalized spacial score (nSPS) is 12.9. The number of unbranched alkanes of at least 4 members (excludes halogenated alkanes) is 4. The first-order chi connectivity index (χ1) is 8.14. The van der Waals surface area contributed by atoms with Gasteiger partial charge in [0.05, 0.1) is 0 Å². The molecule has 0 spiro atoms. The summed E-state index contributed by atoms with van der Waals surface area (Å²) in [5.74, 6) is 0. The fraction of sp³-hybridized carbons (Fsp3) is 0.857. The fourth-order valence-corrected chi connectivity index (χ4v) is 6.14. The predicted octanol–water partition coefficient (Wildman–Crippen LogP) is 6.26. The van der Waals surface area contributed by atoms with Crippen LogP contribution in [0, 0.1) is 0 Å². The van der Waals surface area contributed by atoms with Gasteiger partial charge >= 0.3 is 0 Å². The van der Waals surface area contributed by atoms with Crippen LogP contribution in [-0.4, -0.2) is 8.32 Å². The Morgan fingerprint density at radius 2 is 1.59 bits per heavy atom. The molecule has 102 valence electrons. The predicted molar refractivity (Wildman–Crippen MR) is 89.1 cm³/mol. The average molecular weight is 368 g/mol. The van der Waals surface area contributed by atoms with Gasteiger partial charge in [-0.15, -0.1) is 0 Å².